The van der Waals surface area contributed by atoms with E-state index in [2.05, 4.69) is 10.6 Å². The van der Waals surface area contributed by atoms with Gasteiger partial charge in [-0.15, -0.1) is 0 Å². The van der Waals surface area contributed by atoms with Crippen molar-refractivity contribution in [2.75, 3.05) is 11.5 Å². The van der Waals surface area contributed by atoms with Crippen molar-refractivity contribution in [1.82, 2.24) is 10.6 Å². The third-order valence-electron chi connectivity index (χ3n) is 4.52. The number of urea groups is 1. The molecule has 3 rings (SSSR count). The van der Waals surface area contributed by atoms with Crippen LogP contribution in [0.5, 0.6) is 0 Å². The van der Waals surface area contributed by atoms with Crippen molar-refractivity contribution in [1.29, 1.82) is 0 Å². The Morgan fingerprint density at radius 1 is 1.13 bits per heavy atom. The lowest BCUT2D eigenvalue weighted by atomic mass is 9.75. The van der Waals surface area contributed by atoms with Gasteiger partial charge in [-0.3, -0.25) is 0 Å². The summed E-state index contributed by atoms with van der Waals surface area (Å²) in [5.41, 5.74) is 0.395. The van der Waals surface area contributed by atoms with E-state index in [9.17, 15) is 22.0 Å². The summed E-state index contributed by atoms with van der Waals surface area (Å²) in [6, 6.07) is 2.41. The quantitative estimate of drug-likeness (QED) is 0.876. The summed E-state index contributed by atoms with van der Waals surface area (Å²) in [6.45, 7) is 0. The first-order valence-electron chi connectivity index (χ1n) is 7.56. The molecule has 1 heterocycles. The second-order valence-electron chi connectivity index (χ2n) is 6.17. The molecular weight excluding hydrogens is 326 g/mol. The van der Waals surface area contributed by atoms with Gasteiger partial charge in [-0.25, -0.2) is 22.0 Å². The zero-order valence-corrected chi connectivity index (χ0v) is 13.2. The molecule has 1 aromatic rings. The molecule has 126 valence electrons. The molecule has 2 amide bonds. The number of benzene rings is 1. The third kappa shape index (κ3) is 3.63. The van der Waals surface area contributed by atoms with E-state index in [1.54, 1.807) is 0 Å². The standard InChI is InChI=1S/C15H18F2N2O3S/c16-9-1-2-11(13(17)7-9)12-3-4-14(12)19-15(20)18-10-5-6-23(21,22)8-10/h1-2,7,10,12,14H,3-6,8H2,(H2,18,19,20)/t10?,12-,14-/m0/s1. The van der Waals surface area contributed by atoms with Gasteiger partial charge in [-0.2, -0.15) is 0 Å². The largest absolute Gasteiger partial charge is 0.335 e. The molecule has 5 nitrogen and oxygen atoms in total. The minimum atomic E-state index is -3.05. The van der Waals surface area contributed by atoms with Gasteiger partial charge in [0.1, 0.15) is 11.6 Å². The number of amides is 2. The third-order valence-corrected chi connectivity index (χ3v) is 6.29. The Morgan fingerprint density at radius 2 is 1.91 bits per heavy atom. The lowest BCUT2D eigenvalue weighted by Crippen LogP contribution is -2.51. The molecule has 1 unspecified atom stereocenters. The van der Waals surface area contributed by atoms with Gasteiger partial charge in [0.15, 0.2) is 9.84 Å². The van der Waals surface area contributed by atoms with Crippen LogP contribution in [0.2, 0.25) is 0 Å². The van der Waals surface area contributed by atoms with Crippen LogP contribution >= 0.6 is 0 Å². The number of hydrogen-bond donors (Lipinski definition) is 2. The predicted molar refractivity (Wildman–Crippen MR) is 80.8 cm³/mol. The molecular formula is C15H18F2N2O3S. The highest BCUT2D eigenvalue weighted by molar-refractivity contribution is 7.91. The fraction of sp³-hybridized carbons (Fsp3) is 0.533. The summed E-state index contributed by atoms with van der Waals surface area (Å²) in [5, 5.41) is 5.40. The van der Waals surface area contributed by atoms with Crippen LogP contribution in [0.4, 0.5) is 13.6 Å². The maximum Gasteiger partial charge on any atom is 0.315 e. The smallest absolute Gasteiger partial charge is 0.315 e. The number of carbonyl (C=O) groups excluding carboxylic acids is 1. The molecule has 1 aromatic carbocycles. The summed E-state index contributed by atoms with van der Waals surface area (Å²) < 4.78 is 49.5. The number of halogens is 2. The zero-order chi connectivity index (χ0) is 16.6. The van der Waals surface area contributed by atoms with E-state index in [4.69, 9.17) is 0 Å². The fourth-order valence-electron chi connectivity index (χ4n) is 3.15. The number of rotatable bonds is 3. The Hall–Kier alpha value is -1.70. The van der Waals surface area contributed by atoms with Gasteiger partial charge >= 0.3 is 6.03 Å². The lowest BCUT2D eigenvalue weighted by Gasteiger charge is -2.37. The Morgan fingerprint density at radius 3 is 2.48 bits per heavy atom. The van der Waals surface area contributed by atoms with Crippen molar-refractivity contribution in [3.05, 3.63) is 35.4 Å². The van der Waals surface area contributed by atoms with Crippen LogP contribution < -0.4 is 10.6 Å². The minimum absolute atomic E-state index is 0.0406. The molecule has 8 heteroatoms. The summed E-state index contributed by atoms with van der Waals surface area (Å²) in [5.74, 6) is -1.38. The van der Waals surface area contributed by atoms with Crippen molar-refractivity contribution in [3.8, 4) is 0 Å². The number of hydrogen-bond acceptors (Lipinski definition) is 3. The van der Waals surface area contributed by atoms with E-state index < -0.39 is 27.5 Å². The van der Waals surface area contributed by atoms with E-state index in [0.29, 0.717) is 24.8 Å². The number of nitrogens with one attached hydrogen (secondary N) is 2. The summed E-state index contributed by atoms with van der Waals surface area (Å²) >= 11 is 0. The number of sulfone groups is 1. The monoisotopic (exact) mass is 344 g/mol. The van der Waals surface area contributed by atoms with Crippen molar-refractivity contribution in [2.24, 2.45) is 0 Å². The van der Waals surface area contributed by atoms with Gasteiger partial charge in [-0.1, -0.05) is 6.07 Å². The van der Waals surface area contributed by atoms with E-state index in [0.717, 1.165) is 6.07 Å². The highest BCUT2D eigenvalue weighted by Crippen LogP contribution is 2.38. The van der Waals surface area contributed by atoms with Crippen LogP contribution in [0.1, 0.15) is 30.7 Å². The topological polar surface area (TPSA) is 75.3 Å². The molecule has 2 aliphatic rings. The maximum atomic E-state index is 13.8. The second-order valence-corrected chi connectivity index (χ2v) is 8.40. The van der Waals surface area contributed by atoms with Crippen LogP contribution in [0.3, 0.4) is 0 Å². The van der Waals surface area contributed by atoms with Crippen LogP contribution in [-0.2, 0) is 9.84 Å². The fourth-order valence-corrected chi connectivity index (χ4v) is 4.82. The molecule has 2 fully saturated rings. The molecule has 0 radical (unpaired) electrons. The summed E-state index contributed by atoms with van der Waals surface area (Å²) in [4.78, 5) is 12.0. The highest BCUT2D eigenvalue weighted by atomic mass is 32.2. The molecule has 0 aromatic heterocycles. The lowest BCUT2D eigenvalue weighted by molar-refractivity contribution is 0.217. The van der Waals surface area contributed by atoms with Crippen LogP contribution in [-0.4, -0.2) is 38.0 Å². The average Bonchev–Trinajstić information content (AvgIpc) is 2.77. The molecule has 2 N–H and O–H groups in total. The van der Waals surface area contributed by atoms with E-state index in [-0.39, 0.29) is 29.5 Å². The van der Waals surface area contributed by atoms with Crippen molar-refractivity contribution < 1.29 is 22.0 Å². The Labute approximate surface area is 133 Å². The maximum absolute atomic E-state index is 13.8. The first-order valence-corrected chi connectivity index (χ1v) is 9.38. The van der Waals surface area contributed by atoms with Gasteiger partial charge in [0.25, 0.3) is 0 Å². The molecule has 1 saturated heterocycles. The van der Waals surface area contributed by atoms with Crippen LogP contribution in [0.15, 0.2) is 18.2 Å². The molecule has 1 aliphatic heterocycles. The minimum Gasteiger partial charge on any atom is -0.335 e. The van der Waals surface area contributed by atoms with Gasteiger partial charge in [0.2, 0.25) is 0 Å². The predicted octanol–water partition coefficient (Wildman–Crippen LogP) is 1.70. The molecule has 3 atom stereocenters. The molecule has 23 heavy (non-hydrogen) atoms. The SMILES string of the molecule is O=C(NC1CCS(=O)(=O)C1)N[C@H]1CC[C@H]1c1ccc(F)cc1F. The Kier molecular flexibility index (Phi) is 4.27. The Bertz CT molecular complexity index is 723. The molecule has 1 aliphatic carbocycles. The van der Waals surface area contributed by atoms with Gasteiger partial charge in [-0.05, 0) is 30.9 Å². The van der Waals surface area contributed by atoms with Gasteiger partial charge in [0, 0.05) is 24.1 Å². The molecule has 1 saturated carbocycles. The van der Waals surface area contributed by atoms with E-state index in [1.807, 2.05) is 0 Å². The normalized spacial score (nSPS) is 28.9. The van der Waals surface area contributed by atoms with Crippen molar-refractivity contribution in [3.63, 3.8) is 0 Å². The van der Waals surface area contributed by atoms with Crippen LogP contribution in [0, 0.1) is 11.6 Å². The molecule has 0 spiro atoms. The van der Waals surface area contributed by atoms with E-state index in [1.165, 1.54) is 12.1 Å². The second kappa shape index (κ2) is 6.07. The van der Waals surface area contributed by atoms with E-state index >= 15 is 0 Å². The number of carbonyl (C=O) groups is 1. The first kappa shape index (κ1) is 16.2. The van der Waals surface area contributed by atoms with Crippen molar-refractivity contribution >= 4 is 15.9 Å². The Balaban J connectivity index is 1.57. The zero-order valence-electron chi connectivity index (χ0n) is 12.4. The highest BCUT2D eigenvalue weighted by Gasteiger charge is 2.36. The first-order chi connectivity index (χ1) is 10.8. The molecule has 0 bridgehead atoms. The summed E-state index contributed by atoms with van der Waals surface area (Å²) in [7, 11) is -3.05. The van der Waals surface area contributed by atoms with Gasteiger partial charge < -0.3 is 10.6 Å². The average molecular weight is 344 g/mol. The van der Waals surface area contributed by atoms with Crippen molar-refractivity contribution in [2.45, 2.75) is 37.3 Å². The van der Waals surface area contributed by atoms with Crippen LogP contribution in [0.25, 0.3) is 0 Å². The van der Waals surface area contributed by atoms with Gasteiger partial charge in [0.05, 0.1) is 11.5 Å². The summed E-state index contributed by atoms with van der Waals surface area (Å²) in [6.07, 6.45) is 1.83.